The van der Waals surface area contributed by atoms with Gasteiger partial charge in [-0.2, -0.15) is 11.8 Å². The van der Waals surface area contributed by atoms with Gasteiger partial charge in [0, 0.05) is 34.9 Å². The molecule has 2 heterocycles. The normalized spacial score (nSPS) is 24.9. The molecule has 1 saturated carbocycles. The molecule has 0 bridgehead atoms. The summed E-state index contributed by atoms with van der Waals surface area (Å²) in [6, 6.07) is 0. The largest absolute Gasteiger partial charge is 0.392 e. The molecule has 1 saturated heterocycles. The maximum Gasteiger partial charge on any atom is 0.142 e. The molecule has 1 aromatic heterocycles. The van der Waals surface area contributed by atoms with Crippen LogP contribution in [-0.4, -0.2) is 32.3 Å². The van der Waals surface area contributed by atoms with Crippen LogP contribution in [-0.2, 0) is 6.61 Å². The lowest BCUT2D eigenvalue weighted by molar-refractivity contribution is 0.279. The molecule has 3 nitrogen and oxygen atoms in total. The van der Waals surface area contributed by atoms with Crippen molar-refractivity contribution >= 4 is 23.5 Å². The highest BCUT2D eigenvalue weighted by Crippen LogP contribution is 2.42. The van der Waals surface area contributed by atoms with Crippen molar-refractivity contribution in [2.45, 2.75) is 30.6 Å². The Morgan fingerprint density at radius 2 is 2.24 bits per heavy atom. The monoisotopic (exact) mass is 268 g/mol. The topological polar surface area (TPSA) is 46.0 Å². The lowest BCUT2D eigenvalue weighted by Crippen LogP contribution is -2.12. The molecule has 92 valence electrons. The summed E-state index contributed by atoms with van der Waals surface area (Å²) in [7, 11) is 0. The van der Waals surface area contributed by atoms with Crippen molar-refractivity contribution in [2.75, 3.05) is 17.3 Å². The van der Waals surface area contributed by atoms with Crippen LogP contribution in [0, 0.1) is 0 Å². The van der Waals surface area contributed by atoms with Crippen LogP contribution in [0.2, 0.25) is 0 Å². The van der Waals surface area contributed by atoms with Gasteiger partial charge in [-0.3, -0.25) is 0 Å². The van der Waals surface area contributed by atoms with E-state index in [2.05, 4.69) is 4.98 Å². The van der Waals surface area contributed by atoms with Crippen molar-refractivity contribution in [3.8, 4) is 0 Å². The van der Waals surface area contributed by atoms with Gasteiger partial charge in [-0.1, -0.05) is 0 Å². The molecule has 0 aromatic carbocycles. The van der Waals surface area contributed by atoms with Crippen LogP contribution in [0.15, 0.2) is 6.20 Å². The summed E-state index contributed by atoms with van der Waals surface area (Å²) in [6.07, 6.45) is 4.27. The second kappa shape index (κ2) is 5.16. The molecule has 2 aliphatic rings. The van der Waals surface area contributed by atoms with E-state index in [-0.39, 0.29) is 6.61 Å². The highest BCUT2D eigenvalue weighted by Gasteiger charge is 2.29. The molecule has 0 spiro atoms. The van der Waals surface area contributed by atoms with Crippen LogP contribution in [0.25, 0.3) is 0 Å². The molecule has 1 aliphatic heterocycles. The van der Waals surface area contributed by atoms with Crippen LogP contribution >= 0.6 is 23.5 Å². The van der Waals surface area contributed by atoms with E-state index in [1.165, 1.54) is 24.3 Å². The number of hydrogen-bond acceptors (Lipinski definition) is 5. The minimum atomic E-state index is 0.0681. The molecule has 1 unspecified atom stereocenters. The molecule has 2 fully saturated rings. The zero-order chi connectivity index (χ0) is 11.7. The van der Waals surface area contributed by atoms with Crippen molar-refractivity contribution < 1.29 is 5.11 Å². The Kier molecular flexibility index (Phi) is 3.59. The first-order valence-corrected chi connectivity index (χ1v) is 8.24. The summed E-state index contributed by atoms with van der Waals surface area (Å²) in [5.41, 5.74) is 2.03. The van der Waals surface area contributed by atoms with Gasteiger partial charge in [0.05, 0.1) is 17.6 Å². The molecule has 1 aromatic rings. The lowest BCUT2D eigenvalue weighted by Gasteiger charge is -2.20. The summed E-state index contributed by atoms with van der Waals surface area (Å²) < 4.78 is 0. The Labute approximate surface area is 110 Å². The zero-order valence-corrected chi connectivity index (χ0v) is 11.3. The van der Waals surface area contributed by atoms with Crippen molar-refractivity contribution in [2.24, 2.45) is 0 Å². The van der Waals surface area contributed by atoms with E-state index in [1.807, 2.05) is 29.7 Å². The number of rotatable bonds is 3. The van der Waals surface area contributed by atoms with Gasteiger partial charge in [0.15, 0.2) is 0 Å². The second-order valence-corrected chi connectivity index (χ2v) is 6.97. The molecule has 1 aliphatic carbocycles. The van der Waals surface area contributed by atoms with Gasteiger partial charge in [-0.25, -0.2) is 9.97 Å². The number of thioether (sulfide) groups is 2. The Balaban J connectivity index is 1.86. The lowest BCUT2D eigenvalue weighted by atomic mass is 10.1. The van der Waals surface area contributed by atoms with Crippen molar-refractivity contribution in [3.63, 3.8) is 0 Å². The van der Waals surface area contributed by atoms with Gasteiger partial charge in [0.2, 0.25) is 0 Å². The second-order valence-electron chi connectivity index (χ2n) is 4.51. The fourth-order valence-electron chi connectivity index (χ4n) is 2.06. The predicted octanol–water partition coefficient (Wildman–Crippen LogP) is 2.37. The number of aliphatic hydroxyl groups excluding tert-OH is 1. The Bertz CT molecular complexity index is 403. The van der Waals surface area contributed by atoms with Crippen LogP contribution in [0.3, 0.4) is 0 Å². The summed E-state index contributed by atoms with van der Waals surface area (Å²) in [5, 5.41) is 9.75. The number of hydrogen-bond donors (Lipinski definition) is 1. The van der Waals surface area contributed by atoms with E-state index in [1.54, 1.807) is 0 Å². The van der Waals surface area contributed by atoms with Gasteiger partial charge in [-0.05, 0) is 12.8 Å². The van der Waals surface area contributed by atoms with Crippen LogP contribution < -0.4 is 0 Å². The summed E-state index contributed by atoms with van der Waals surface area (Å²) in [6.45, 7) is 0.0681. The standard InChI is InChI=1S/C12H16N2OS2/c15-6-9-5-13-12(10-7-16-3-4-17-10)14-11(9)8-1-2-8/h5,8,10,15H,1-4,6-7H2. The predicted molar refractivity (Wildman–Crippen MR) is 72.5 cm³/mol. The average molecular weight is 268 g/mol. The molecule has 3 rings (SSSR count). The molecule has 0 radical (unpaired) electrons. The van der Waals surface area contributed by atoms with Crippen molar-refractivity contribution in [1.29, 1.82) is 0 Å². The first-order valence-electron chi connectivity index (χ1n) is 6.04. The minimum absolute atomic E-state index is 0.0681. The smallest absolute Gasteiger partial charge is 0.142 e. The molecule has 5 heteroatoms. The molecular formula is C12H16N2OS2. The summed E-state index contributed by atoms with van der Waals surface area (Å²) in [5.74, 6) is 5.11. The fourth-order valence-corrected chi connectivity index (χ4v) is 4.67. The summed E-state index contributed by atoms with van der Waals surface area (Å²) in [4.78, 5) is 9.16. The number of aliphatic hydroxyl groups is 1. The maximum absolute atomic E-state index is 9.31. The van der Waals surface area contributed by atoms with Crippen LogP contribution in [0.4, 0.5) is 0 Å². The van der Waals surface area contributed by atoms with Gasteiger partial charge in [0.25, 0.3) is 0 Å². The van der Waals surface area contributed by atoms with E-state index < -0.39 is 0 Å². The Morgan fingerprint density at radius 1 is 1.35 bits per heavy atom. The maximum atomic E-state index is 9.31. The van der Waals surface area contributed by atoms with Crippen LogP contribution in [0.5, 0.6) is 0 Å². The third-order valence-corrected chi connectivity index (χ3v) is 5.91. The first kappa shape index (κ1) is 11.8. The van der Waals surface area contributed by atoms with E-state index in [9.17, 15) is 5.11 Å². The Hall–Kier alpha value is -0.260. The van der Waals surface area contributed by atoms with E-state index >= 15 is 0 Å². The highest BCUT2D eigenvalue weighted by molar-refractivity contribution is 8.06. The summed E-state index contributed by atoms with van der Waals surface area (Å²) >= 11 is 3.95. The highest BCUT2D eigenvalue weighted by atomic mass is 32.2. The van der Waals surface area contributed by atoms with Gasteiger partial charge >= 0.3 is 0 Å². The van der Waals surface area contributed by atoms with E-state index in [4.69, 9.17) is 4.98 Å². The Morgan fingerprint density at radius 3 is 2.88 bits per heavy atom. The number of aromatic nitrogens is 2. The molecule has 1 atom stereocenters. The SMILES string of the molecule is OCc1cnc(C2CSCCS2)nc1C1CC1. The third-order valence-electron chi connectivity index (χ3n) is 3.15. The fraction of sp³-hybridized carbons (Fsp3) is 0.667. The quantitative estimate of drug-likeness (QED) is 0.912. The van der Waals surface area contributed by atoms with Crippen molar-refractivity contribution in [1.82, 2.24) is 9.97 Å². The molecule has 17 heavy (non-hydrogen) atoms. The molecular weight excluding hydrogens is 252 g/mol. The zero-order valence-electron chi connectivity index (χ0n) is 9.63. The molecule has 0 amide bonds. The van der Waals surface area contributed by atoms with Crippen LogP contribution in [0.1, 0.15) is 41.1 Å². The van der Waals surface area contributed by atoms with Gasteiger partial charge in [-0.15, -0.1) is 11.8 Å². The van der Waals surface area contributed by atoms with Crippen molar-refractivity contribution in [3.05, 3.63) is 23.3 Å². The first-order chi connectivity index (χ1) is 8.38. The number of nitrogens with zero attached hydrogens (tertiary/aromatic N) is 2. The minimum Gasteiger partial charge on any atom is -0.392 e. The third kappa shape index (κ3) is 2.61. The van der Waals surface area contributed by atoms with Gasteiger partial charge in [0.1, 0.15) is 5.82 Å². The van der Waals surface area contributed by atoms with E-state index in [0.717, 1.165) is 22.8 Å². The van der Waals surface area contributed by atoms with Gasteiger partial charge < -0.3 is 5.11 Å². The van der Waals surface area contributed by atoms with E-state index in [0.29, 0.717) is 11.2 Å². The average Bonchev–Trinajstić information content (AvgIpc) is 3.23. The molecule has 1 N–H and O–H groups in total.